The molecule has 0 radical (unpaired) electrons. The molecule has 28 heavy (non-hydrogen) atoms. The lowest BCUT2D eigenvalue weighted by Gasteiger charge is -2.15. The van der Waals surface area contributed by atoms with Crippen molar-refractivity contribution in [2.24, 2.45) is 0 Å². The number of carboxylic acid groups (broad SMARTS) is 2. The van der Waals surface area contributed by atoms with E-state index in [1.807, 2.05) is 38.1 Å². The number of carbonyl (C=O) groups is 2. The first-order valence-electron chi connectivity index (χ1n) is 8.99. The minimum absolute atomic E-state index is 0.309. The molecule has 2 N–H and O–H groups in total. The maximum absolute atomic E-state index is 11.2. The van der Waals surface area contributed by atoms with Crippen molar-refractivity contribution in [3.8, 4) is 22.3 Å². The highest BCUT2D eigenvalue weighted by Crippen LogP contribution is 2.33. The van der Waals surface area contributed by atoms with E-state index in [0.717, 1.165) is 44.5 Å². The Balaban J connectivity index is 2.07. The third-order valence-electron chi connectivity index (χ3n) is 5.11. The van der Waals surface area contributed by atoms with Crippen LogP contribution in [0.2, 0.25) is 0 Å². The normalized spacial score (nSPS) is 10.7. The first-order valence-corrected chi connectivity index (χ1v) is 8.99. The quantitative estimate of drug-likeness (QED) is 0.619. The number of aryl methyl sites for hydroxylation is 4. The van der Waals surface area contributed by atoms with Gasteiger partial charge < -0.3 is 10.2 Å². The molecule has 4 heteroatoms. The van der Waals surface area contributed by atoms with Crippen molar-refractivity contribution in [3.63, 3.8) is 0 Å². The van der Waals surface area contributed by atoms with Crippen molar-refractivity contribution in [2.75, 3.05) is 0 Å². The zero-order valence-corrected chi connectivity index (χ0v) is 16.3. The van der Waals surface area contributed by atoms with Gasteiger partial charge in [0.25, 0.3) is 0 Å². The summed E-state index contributed by atoms with van der Waals surface area (Å²) in [5, 5.41) is 18.5. The van der Waals surface area contributed by atoms with Gasteiger partial charge in [-0.2, -0.15) is 0 Å². The monoisotopic (exact) mass is 374 g/mol. The lowest BCUT2D eigenvalue weighted by atomic mass is 9.90. The number of hydrogen-bond donors (Lipinski definition) is 2. The summed E-state index contributed by atoms with van der Waals surface area (Å²) < 4.78 is 0. The van der Waals surface area contributed by atoms with E-state index >= 15 is 0 Å². The summed E-state index contributed by atoms with van der Waals surface area (Å²) in [6.07, 6.45) is 0. The van der Waals surface area contributed by atoms with Crippen LogP contribution in [-0.2, 0) is 0 Å². The Morgan fingerprint density at radius 2 is 0.929 bits per heavy atom. The molecule has 142 valence electrons. The average Bonchev–Trinajstić information content (AvgIpc) is 2.62. The predicted octanol–water partition coefficient (Wildman–Crippen LogP) is 5.65. The summed E-state index contributed by atoms with van der Waals surface area (Å²) >= 11 is 0. The smallest absolute Gasteiger partial charge is 0.335 e. The fourth-order valence-corrected chi connectivity index (χ4v) is 3.58. The summed E-state index contributed by atoms with van der Waals surface area (Å²) in [6, 6.07) is 15.0. The Kier molecular flexibility index (Phi) is 5.06. The van der Waals surface area contributed by atoms with Gasteiger partial charge in [-0.1, -0.05) is 36.4 Å². The summed E-state index contributed by atoms with van der Waals surface area (Å²) in [6.45, 7) is 7.65. The third kappa shape index (κ3) is 3.54. The fraction of sp³-hybridized carbons (Fsp3) is 0.167. The molecule has 0 saturated carbocycles. The highest BCUT2D eigenvalue weighted by atomic mass is 16.4. The van der Waals surface area contributed by atoms with Gasteiger partial charge in [-0.25, -0.2) is 9.59 Å². The number of rotatable bonds is 4. The highest BCUT2D eigenvalue weighted by Gasteiger charge is 2.13. The van der Waals surface area contributed by atoms with E-state index in [1.54, 1.807) is 26.0 Å². The Morgan fingerprint density at radius 3 is 1.21 bits per heavy atom. The van der Waals surface area contributed by atoms with Crippen LogP contribution in [0.15, 0.2) is 48.5 Å². The predicted molar refractivity (Wildman–Crippen MR) is 110 cm³/mol. The van der Waals surface area contributed by atoms with Crippen molar-refractivity contribution in [3.05, 3.63) is 81.9 Å². The topological polar surface area (TPSA) is 74.6 Å². The molecule has 0 aromatic heterocycles. The van der Waals surface area contributed by atoms with E-state index in [1.165, 1.54) is 0 Å². The van der Waals surface area contributed by atoms with Gasteiger partial charge in [0.1, 0.15) is 0 Å². The second-order valence-corrected chi connectivity index (χ2v) is 7.15. The molecule has 0 saturated heterocycles. The van der Waals surface area contributed by atoms with E-state index in [2.05, 4.69) is 12.1 Å². The molecule has 3 aromatic carbocycles. The average molecular weight is 374 g/mol. The van der Waals surface area contributed by atoms with Crippen LogP contribution < -0.4 is 0 Å². The van der Waals surface area contributed by atoms with Gasteiger partial charge in [0, 0.05) is 0 Å². The Morgan fingerprint density at radius 1 is 0.571 bits per heavy atom. The Labute approximate surface area is 164 Å². The van der Waals surface area contributed by atoms with Gasteiger partial charge in [-0.3, -0.25) is 0 Å². The largest absolute Gasteiger partial charge is 0.478 e. The van der Waals surface area contributed by atoms with Gasteiger partial charge in [-0.15, -0.1) is 0 Å². The summed E-state index contributed by atoms with van der Waals surface area (Å²) in [7, 11) is 0. The number of hydrogen-bond acceptors (Lipinski definition) is 2. The van der Waals surface area contributed by atoms with Crippen LogP contribution in [0, 0.1) is 27.7 Å². The van der Waals surface area contributed by atoms with Crippen molar-refractivity contribution in [1.29, 1.82) is 0 Å². The van der Waals surface area contributed by atoms with E-state index in [4.69, 9.17) is 0 Å². The third-order valence-corrected chi connectivity index (χ3v) is 5.11. The van der Waals surface area contributed by atoms with E-state index < -0.39 is 11.9 Å². The van der Waals surface area contributed by atoms with Crippen molar-refractivity contribution >= 4 is 11.9 Å². The summed E-state index contributed by atoms with van der Waals surface area (Å²) in [5.74, 6) is -1.85. The van der Waals surface area contributed by atoms with Crippen LogP contribution in [0.25, 0.3) is 22.3 Å². The lowest BCUT2D eigenvalue weighted by molar-refractivity contribution is 0.0685. The molecule has 4 nitrogen and oxygen atoms in total. The van der Waals surface area contributed by atoms with E-state index in [-0.39, 0.29) is 0 Å². The Hall–Kier alpha value is -3.40. The molecule has 0 aliphatic heterocycles. The zero-order chi connectivity index (χ0) is 20.6. The van der Waals surface area contributed by atoms with Gasteiger partial charge in [0.15, 0.2) is 0 Å². The zero-order valence-electron chi connectivity index (χ0n) is 16.3. The van der Waals surface area contributed by atoms with E-state index in [9.17, 15) is 19.8 Å². The summed E-state index contributed by atoms with van der Waals surface area (Å²) in [4.78, 5) is 22.5. The molecule has 0 amide bonds. The van der Waals surface area contributed by atoms with Gasteiger partial charge in [-0.05, 0) is 84.3 Å². The lowest BCUT2D eigenvalue weighted by Crippen LogP contribution is -2.00. The van der Waals surface area contributed by atoms with E-state index in [0.29, 0.717) is 11.1 Å². The first-order chi connectivity index (χ1) is 13.2. The van der Waals surface area contributed by atoms with Crippen LogP contribution >= 0.6 is 0 Å². The molecule has 0 unspecified atom stereocenters. The standard InChI is InChI=1S/C24H22O4/c1-13-9-17(5-7-19(13)23(25)26)21-11-16(4)22(12-15(21)3)18-6-8-20(24(27)28)14(2)10-18/h5-12H,1-4H3,(H,25,26)(H,27,28). The van der Waals surface area contributed by atoms with Gasteiger partial charge in [0.2, 0.25) is 0 Å². The molecule has 3 rings (SSSR count). The minimum atomic E-state index is -0.924. The molecule has 0 bridgehead atoms. The fourth-order valence-electron chi connectivity index (χ4n) is 3.58. The SMILES string of the molecule is Cc1cc(-c2cc(C)c(-c3ccc(C(=O)O)c(C)c3)cc2C)ccc1C(=O)O. The second-order valence-electron chi connectivity index (χ2n) is 7.15. The molecule has 0 aliphatic rings. The van der Waals surface area contributed by atoms with Crippen molar-refractivity contribution in [2.45, 2.75) is 27.7 Å². The molecular formula is C24H22O4. The maximum Gasteiger partial charge on any atom is 0.335 e. The maximum atomic E-state index is 11.2. The molecule has 0 heterocycles. The first kappa shape index (κ1) is 19.4. The van der Waals surface area contributed by atoms with Gasteiger partial charge >= 0.3 is 11.9 Å². The van der Waals surface area contributed by atoms with Gasteiger partial charge in [0.05, 0.1) is 11.1 Å². The number of aromatic carboxylic acids is 2. The molecule has 3 aromatic rings. The molecule has 0 spiro atoms. The highest BCUT2D eigenvalue weighted by molar-refractivity contribution is 5.91. The second kappa shape index (κ2) is 7.31. The number of carboxylic acids is 2. The van der Waals surface area contributed by atoms with Crippen molar-refractivity contribution < 1.29 is 19.8 Å². The van der Waals surface area contributed by atoms with Crippen molar-refractivity contribution in [1.82, 2.24) is 0 Å². The number of benzene rings is 3. The van der Waals surface area contributed by atoms with Crippen LogP contribution in [-0.4, -0.2) is 22.2 Å². The molecule has 0 aliphatic carbocycles. The molecule has 0 fully saturated rings. The molecule has 0 atom stereocenters. The van der Waals surface area contributed by atoms with Crippen LogP contribution in [0.4, 0.5) is 0 Å². The van der Waals surface area contributed by atoms with Crippen LogP contribution in [0.5, 0.6) is 0 Å². The summed E-state index contributed by atoms with van der Waals surface area (Å²) in [5.41, 5.74) is 8.29. The van der Waals surface area contributed by atoms with Crippen LogP contribution in [0.3, 0.4) is 0 Å². The van der Waals surface area contributed by atoms with Crippen LogP contribution in [0.1, 0.15) is 43.0 Å². The molecular weight excluding hydrogens is 352 g/mol. The Bertz CT molecular complexity index is 1020. The minimum Gasteiger partial charge on any atom is -0.478 e.